The maximum atomic E-state index is 13.2. The summed E-state index contributed by atoms with van der Waals surface area (Å²) in [5, 5.41) is 15.1. The zero-order chi connectivity index (χ0) is 29.9. The molecule has 0 saturated heterocycles. The van der Waals surface area contributed by atoms with Gasteiger partial charge in [0, 0.05) is 25.0 Å². The summed E-state index contributed by atoms with van der Waals surface area (Å²) in [7, 11) is 0. The van der Waals surface area contributed by atoms with Gasteiger partial charge in [0.05, 0.1) is 21.7 Å². The monoisotopic (exact) mass is 591 g/mol. The van der Waals surface area contributed by atoms with Crippen molar-refractivity contribution in [1.82, 2.24) is 19.9 Å². The van der Waals surface area contributed by atoms with Crippen LogP contribution in [0, 0.1) is 0 Å². The topological polar surface area (TPSA) is 128 Å². The summed E-state index contributed by atoms with van der Waals surface area (Å²) in [6.07, 6.45) is -2.13. The molecule has 0 atom stereocenters. The zero-order valence-electron chi connectivity index (χ0n) is 22.0. The predicted octanol–water partition coefficient (Wildman–Crippen LogP) is 6.86. The quantitative estimate of drug-likeness (QED) is 0.203. The van der Waals surface area contributed by atoms with Crippen molar-refractivity contribution in [2.24, 2.45) is 0 Å². The lowest BCUT2D eigenvalue weighted by molar-refractivity contribution is -0.137. The van der Waals surface area contributed by atoms with Gasteiger partial charge < -0.3 is 29.8 Å². The summed E-state index contributed by atoms with van der Waals surface area (Å²) in [5.74, 6) is -1.42. The highest BCUT2D eigenvalue weighted by atomic mass is 35.5. The number of amides is 1. The number of halogens is 4. The van der Waals surface area contributed by atoms with Crippen LogP contribution in [-0.2, 0) is 17.5 Å². The first-order chi connectivity index (χ1) is 19.2. The molecule has 3 N–H and O–H groups in total. The minimum absolute atomic E-state index is 0.0114. The largest absolute Gasteiger partial charge is 0.478 e. The van der Waals surface area contributed by atoms with Crippen molar-refractivity contribution >= 4 is 46.2 Å². The van der Waals surface area contributed by atoms with E-state index in [-0.39, 0.29) is 23.1 Å². The molecule has 2 heterocycles. The third-order valence-electron chi connectivity index (χ3n) is 5.47. The van der Waals surface area contributed by atoms with Crippen LogP contribution in [-0.4, -0.2) is 43.8 Å². The van der Waals surface area contributed by atoms with E-state index in [1.54, 1.807) is 39.1 Å². The van der Waals surface area contributed by atoms with E-state index in [2.05, 4.69) is 20.6 Å². The third-order valence-corrected chi connectivity index (χ3v) is 5.77. The first-order valence-corrected chi connectivity index (χ1v) is 12.5. The molecule has 0 bridgehead atoms. The van der Waals surface area contributed by atoms with Crippen molar-refractivity contribution in [1.29, 1.82) is 0 Å². The molecule has 1 amide bonds. The van der Waals surface area contributed by atoms with E-state index in [1.165, 1.54) is 18.5 Å². The first kappa shape index (κ1) is 29.5. The fourth-order valence-electron chi connectivity index (χ4n) is 3.77. The van der Waals surface area contributed by atoms with E-state index in [9.17, 15) is 27.9 Å². The van der Waals surface area contributed by atoms with Crippen LogP contribution >= 0.6 is 11.6 Å². The Balaban J connectivity index is 1.52. The van der Waals surface area contributed by atoms with E-state index < -0.39 is 35.0 Å². The lowest BCUT2D eigenvalue weighted by atomic mass is 10.1. The highest BCUT2D eigenvalue weighted by Gasteiger charge is 2.32. The van der Waals surface area contributed by atoms with Gasteiger partial charge >= 0.3 is 18.2 Å². The smallest absolute Gasteiger partial charge is 0.416 e. The number of aromatic carboxylic acids is 1. The first-order valence-electron chi connectivity index (χ1n) is 12.2. The van der Waals surface area contributed by atoms with Crippen LogP contribution in [0.1, 0.15) is 36.7 Å². The molecule has 0 unspecified atom stereocenters. The fraction of sp³-hybridized carbons (Fsp3) is 0.259. The number of nitrogens with one attached hydrogen (secondary N) is 2. The van der Waals surface area contributed by atoms with Crippen LogP contribution in [0.3, 0.4) is 0 Å². The normalized spacial score (nSPS) is 11.8. The lowest BCUT2D eigenvalue weighted by Gasteiger charge is -2.19. The van der Waals surface area contributed by atoms with Crippen molar-refractivity contribution in [2.45, 2.75) is 39.1 Å². The fourth-order valence-corrected chi connectivity index (χ4v) is 3.99. The Labute approximate surface area is 237 Å². The number of ether oxygens (including phenoxy) is 2. The zero-order valence-corrected chi connectivity index (χ0v) is 22.8. The standard InChI is InChI=1S/C27H25ClF3N5O5/c1-26(2,3)41-25(39)32-7-9-36-8-6-20-22(36)23(34-14-33-20)35-17-4-5-21(19(28)13-17)40-18-11-15(24(37)38)10-16(12-18)27(29,30)31/h4-6,8,10-14H,7,9H2,1-3H3,(H,32,39)(H,37,38)(H,33,34,35). The molecule has 0 fully saturated rings. The molecule has 41 heavy (non-hydrogen) atoms. The molecule has 4 aromatic rings. The number of fused-ring (bicyclic) bond motifs is 1. The number of alkyl halides is 3. The molecule has 2 aromatic carbocycles. The number of carbonyl (C=O) groups excluding carboxylic acids is 1. The van der Waals surface area contributed by atoms with Crippen LogP contribution < -0.4 is 15.4 Å². The Kier molecular flexibility index (Phi) is 8.29. The van der Waals surface area contributed by atoms with Crippen LogP contribution in [0.4, 0.5) is 29.5 Å². The van der Waals surface area contributed by atoms with Gasteiger partial charge in [-0.1, -0.05) is 11.6 Å². The van der Waals surface area contributed by atoms with Crippen molar-refractivity contribution in [2.75, 3.05) is 11.9 Å². The molecule has 0 spiro atoms. The number of nitrogens with zero attached hydrogens (tertiary/aromatic N) is 3. The highest BCUT2D eigenvalue weighted by Crippen LogP contribution is 2.37. The average molecular weight is 592 g/mol. The lowest BCUT2D eigenvalue weighted by Crippen LogP contribution is -2.34. The predicted molar refractivity (Wildman–Crippen MR) is 145 cm³/mol. The molecule has 0 saturated carbocycles. The maximum Gasteiger partial charge on any atom is 0.416 e. The van der Waals surface area contributed by atoms with E-state index in [4.69, 9.17) is 21.1 Å². The van der Waals surface area contributed by atoms with Crippen LogP contribution in [0.25, 0.3) is 11.0 Å². The molecule has 10 nitrogen and oxygen atoms in total. The Morgan fingerprint density at radius 1 is 1.07 bits per heavy atom. The number of carbonyl (C=O) groups is 2. The number of hydrogen-bond acceptors (Lipinski definition) is 7. The van der Waals surface area contributed by atoms with Crippen LogP contribution in [0.2, 0.25) is 5.02 Å². The van der Waals surface area contributed by atoms with E-state index in [0.29, 0.717) is 41.2 Å². The SMILES string of the molecule is CC(C)(C)OC(=O)NCCn1ccc2ncnc(Nc3ccc(Oc4cc(C(=O)O)cc(C(F)(F)F)c4)c(Cl)c3)c21. The van der Waals surface area contributed by atoms with Gasteiger partial charge in [0.25, 0.3) is 0 Å². The second-order valence-electron chi connectivity index (χ2n) is 9.82. The molecule has 0 aliphatic rings. The molecule has 2 aromatic heterocycles. The summed E-state index contributed by atoms with van der Waals surface area (Å²) in [6, 6.07) is 8.46. The molecular formula is C27H25ClF3N5O5. The Bertz CT molecular complexity index is 1600. The van der Waals surface area contributed by atoms with Gasteiger partial charge in [0.15, 0.2) is 5.82 Å². The Hall–Kier alpha value is -4.52. The van der Waals surface area contributed by atoms with Crippen LogP contribution in [0.5, 0.6) is 11.5 Å². The molecule has 0 aliphatic heterocycles. The molecule has 4 rings (SSSR count). The van der Waals surface area contributed by atoms with E-state index in [1.807, 2.05) is 4.57 Å². The van der Waals surface area contributed by atoms with Gasteiger partial charge in [0.1, 0.15) is 28.9 Å². The molecule has 14 heteroatoms. The van der Waals surface area contributed by atoms with Gasteiger partial charge in [-0.05, 0) is 63.2 Å². The number of carboxylic acid groups (broad SMARTS) is 1. The maximum absolute atomic E-state index is 13.2. The van der Waals surface area contributed by atoms with Crippen molar-refractivity contribution in [3.63, 3.8) is 0 Å². The minimum atomic E-state index is -4.77. The highest BCUT2D eigenvalue weighted by molar-refractivity contribution is 6.32. The average Bonchev–Trinajstić information content (AvgIpc) is 3.28. The Morgan fingerprint density at radius 3 is 2.49 bits per heavy atom. The third kappa shape index (κ3) is 7.57. The van der Waals surface area contributed by atoms with Gasteiger partial charge in [-0.3, -0.25) is 0 Å². The van der Waals surface area contributed by atoms with Crippen molar-refractivity contribution in [3.8, 4) is 11.5 Å². The van der Waals surface area contributed by atoms with Gasteiger partial charge in [-0.2, -0.15) is 13.2 Å². The minimum Gasteiger partial charge on any atom is -0.478 e. The number of aromatic nitrogens is 3. The summed E-state index contributed by atoms with van der Waals surface area (Å²) in [6.45, 7) is 5.99. The van der Waals surface area contributed by atoms with E-state index in [0.717, 1.165) is 6.07 Å². The van der Waals surface area contributed by atoms with Crippen molar-refractivity contribution < 1.29 is 37.3 Å². The van der Waals surface area contributed by atoms with Gasteiger partial charge in [-0.15, -0.1) is 0 Å². The summed E-state index contributed by atoms with van der Waals surface area (Å²) in [4.78, 5) is 31.9. The number of alkyl carbamates (subject to hydrolysis) is 1. The second kappa shape index (κ2) is 11.5. The number of hydrogen-bond donors (Lipinski definition) is 3. The molecule has 0 aliphatic carbocycles. The molecule has 0 radical (unpaired) electrons. The summed E-state index contributed by atoms with van der Waals surface area (Å²) >= 11 is 6.36. The second-order valence-corrected chi connectivity index (χ2v) is 10.2. The number of anilines is 2. The van der Waals surface area contributed by atoms with Gasteiger partial charge in [0.2, 0.25) is 0 Å². The summed E-state index contributed by atoms with van der Waals surface area (Å²) < 4.78 is 52.4. The van der Waals surface area contributed by atoms with Crippen molar-refractivity contribution in [3.05, 3.63) is 71.1 Å². The molecule has 216 valence electrons. The van der Waals surface area contributed by atoms with Gasteiger partial charge in [-0.25, -0.2) is 19.6 Å². The molecular weight excluding hydrogens is 567 g/mol. The Morgan fingerprint density at radius 2 is 1.83 bits per heavy atom. The van der Waals surface area contributed by atoms with Crippen LogP contribution in [0.15, 0.2) is 55.0 Å². The van der Waals surface area contributed by atoms with E-state index >= 15 is 0 Å². The summed E-state index contributed by atoms with van der Waals surface area (Å²) in [5.41, 5.74) is -0.590. The number of rotatable bonds is 8. The number of carboxylic acids is 1. The number of benzene rings is 2.